The van der Waals surface area contributed by atoms with Crippen molar-refractivity contribution >= 4 is 5.95 Å². The third-order valence-electron chi connectivity index (χ3n) is 3.41. The average molecular weight is 249 g/mol. The van der Waals surface area contributed by atoms with Crippen LogP contribution in [0.3, 0.4) is 0 Å². The molecule has 1 saturated carbocycles. The molecule has 4 heteroatoms. The normalized spacial score (nSPS) is 20.9. The fraction of sp³-hybridized carbons (Fsp3) is 0.714. The molecule has 4 nitrogen and oxygen atoms in total. The van der Waals surface area contributed by atoms with Gasteiger partial charge in [0.05, 0.1) is 6.10 Å². The van der Waals surface area contributed by atoms with Crippen molar-refractivity contribution in [1.29, 1.82) is 0 Å². The van der Waals surface area contributed by atoms with Gasteiger partial charge in [-0.3, -0.25) is 0 Å². The molecule has 1 heterocycles. The molecule has 0 aliphatic heterocycles. The summed E-state index contributed by atoms with van der Waals surface area (Å²) >= 11 is 0. The topological polar surface area (TPSA) is 47.0 Å². The minimum absolute atomic E-state index is 0.134. The highest BCUT2D eigenvalue weighted by Gasteiger charge is 2.45. The van der Waals surface area contributed by atoms with Crippen molar-refractivity contribution in [1.82, 2.24) is 9.97 Å². The summed E-state index contributed by atoms with van der Waals surface area (Å²) in [5.74, 6) is 2.06. The van der Waals surface area contributed by atoms with Crippen LogP contribution < -0.4 is 10.1 Å². The molecule has 0 radical (unpaired) electrons. The Morgan fingerprint density at radius 1 is 1.44 bits per heavy atom. The highest BCUT2D eigenvalue weighted by atomic mass is 16.5. The maximum Gasteiger partial charge on any atom is 0.226 e. The molecule has 18 heavy (non-hydrogen) atoms. The van der Waals surface area contributed by atoms with Gasteiger partial charge in [-0.05, 0) is 38.5 Å². The number of aryl methyl sites for hydroxylation is 1. The van der Waals surface area contributed by atoms with Crippen LogP contribution in [0.15, 0.2) is 6.07 Å². The lowest BCUT2D eigenvalue weighted by Crippen LogP contribution is -2.12. The van der Waals surface area contributed by atoms with Gasteiger partial charge in [-0.15, -0.1) is 0 Å². The molecule has 0 bridgehead atoms. The lowest BCUT2D eigenvalue weighted by Gasteiger charge is -2.11. The molecule has 1 aliphatic rings. The van der Waals surface area contributed by atoms with Gasteiger partial charge < -0.3 is 10.1 Å². The van der Waals surface area contributed by atoms with Crippen LogP contribution in [0.5, 0.6) is 5.88 Å². The molecular weight excluding hydrogens is 226 g/mol. The monoisotopic (exact) mass is 249 g/mol. The summed E-state index contributed by atoms with van der Waals surface area (Å²) in [5.41, 5.74) is 1.41. The van der Waals surface area contributed by atoms with Crippen molar-refractivity contribution in [3.8, 4) is 5.88 Å². The summed E-state index contributed by atoms with van der Waals surface area (Å²) in [4.78, 5) is 8.76. The summed E-state index contributed by atoms with van der Waals surface area (Å²) in [6, 6.07) is 1.87. The van der Waals surface area contributed by atoms with E-state index in [9.17, 15) is 0 Å². The van der Waals surface area contributed by atoms with Crippen molar-refractivity contribution in [3.63, 3.8) is 0 Å². The lowest BCUT2D eigenvalue weighted by atomic mass is 10.1. The van der Waals surface area contributed by atoms with Crippen LogP contribution in [-0.2, 0) is 0 Å². The zero-order valence-electron chi connectivity index (χ0n) is 11.9. The van der Waals surface area contributed by atoms with Gasteiger partial charge >= 0.3 is 0 Å². The summed E-state index contributed by atoms with van der Waals surface area (Å²) in [6.07, 6.45) is 1.41. The van der Waals surface area contributed by atoms with Gasteiger partial charge in [-0.1, -0.05) is 13.8 Å². The number of hydrogen-bond donors (Lipinski definition) is 1. The minimum Gasteiger partial charge on any atom is -0.475 e. The SMILES string of the molecule is Cc1cc(OC(C)C)nc(NCC2CC2(C)C)n1. The van der Waals surface area contributed by atoms with E-state index >= 15 is 0 Å². The Bertz CT molecular complexity index is 429. The second-order valence-corrected chi connectivity index (χ2v) is 6.11. The van der Waals surface area contributed by atoms with Gasteiger partial charge in [0.1, 0.15) is 0 Å². The summed E-state index contributed by atoms with van der Waals surface area (Å²) in [5, 5.41) is 3.31. The lowest BCUT2D eigenvalue weighted by molar-refractivity contribution is 0.232. The molecule has 0 spiro atoms. The summed E-state index contributed by atoms with van der Waals surface area (Å²) in [6.45, 7) is 11.5. The van der Waals surface area contributed by atoms with Crippen molar-refractivity contribution < 1.29 is 4.74 Å². The second-order valence-electron chi connectivity index (χ2n) is 6.11. The van der Waals surface area contributed by atoms with Crippen LogP contribution in [0.4, 0.5) is 5.95 Å². The second kappa shape index (κ2) is 4.75. The number of ether oxygens (including phenoxy) is 1. The molecule has 1 aromatic heterocycles. The summed E-state index contributed by atoms with van der Waals surface area (Å²) < 4.78 is 5.61. The number of anilines is 1. The van der Waals surface area contributed by atoms with Gasteiger partial charge in [-0.2, -0.15) is 4.98 Å². The number of hydrogen-bond acceptors (Lipinski definition) is 4. The van der Waals surface area contributed by atoms with Gasteiger partial charge in [0, 0.05) is 18.3 Å². The van der Waals surface area contributed by atoms with Gasteiger partial charge in [0.25, 0.3) is 0 Å². The standard InChI is InChI=1S/C14H23N3O/c1-9(2)18-12-6-10(3)16-13(17-12)15-8-11-7-14(11,4)5/h6,9,11H,7-8H2,1-5H3,(H,15,16,17). The Hall–Kier alpha value is -1.32. The molecule has 1 unspecified atom stereocenters. The number of aromatic nitrogens is 2. The molecule has 1 fully saturated rings. The van der Waals surface area contributed by atoms with Crippen molar-refractivity contribution in [3.05, 3.63) is 11.8 Å². The highest BCUT2D eigenvalue weighted by molar-refractivity contribution is 5.31. The first-order valence-corrected chi connectivity index (χ1v) is 6.63. The van der Waals surface area contributed by atoms with Crippen molar-refractivity contribution in [2.24, 2.45) is 11.3 Å². The van der Waals surface area contributed by atoms with Crippen LogP contribution in [0.25, 0.3) is 0 Å². The average Bonchev–Trinajstić information content (AvgIpc) is 2.81. The maximum atomic E-state index is 5.61. The number of nitrogens with one attached hydrogen (secondary N) is 1. The molecule has 1 N–H and O–H groups in total. The van der Waals surface area contributed by atoms with E-state index in [2.05, 4.69) is 29.1 Å². The van der Waals surface area contributed by atoms with E-state index in [1.165, 1.54) is 6.42 Å². The Morgan fingerprint density at radius 2 is 2.11 bits per heavy atom. The van der Waals surface area contributed by atoms with E-state index in [1.54, 1.807) is 0 Å². The molecule has 100 valence electrons. The van der Waals surface area contributed by atoms with Gasteiger partial charge in [0.15, 0.2) is 0 Å². The Labute approximate surface area is 109 Å². The highest BCUT2D eigenvalue weighted by Crippen LogP contribution is 2.51. The third-order valence-corrected chi connectivity index (χ3v) is 3.41. The zero-order valence-corrected chi connectivity index (χ0v) is 11.9. The van der Waals surface area contributed by atoms with E-state index in [-0.39, 0.29) is 6.10 Å². The van der Waals surface area contributed by atoms with Crippen LogP contribution in [0.2, 0.25) is 0 Å². The van der Waals surface area contributed by atoms with Crippen LogP contribution in [0.1, 0.15) is 39.8 Å². The Kier molecular flexibility index (Phi) is 3.46. The van der Waals surface area contributed by atoms with E-state index in [1.807, 2.05) is 26.8 Å². The molecule has 2 rings (SSSR count). The molecule has 0 amide bonds. The zero-order chi connectivity index (χ0) is 13.3. The van der Waals surface area contributed by atoms with E-state index in [0.717, 1.165) is 18.2 Å². The maximum absolute atomic E-state index is 5.61. The van der Waals surface area contributed by atoms with E-state index in [4.69, 9.17) is 4.74 Å². The first-order chi connectivity index (χ1) is 8.37. The Morgan fingerprint density at radius 3 is 2.67 bits per heavy atom. The first kappa shape index (κ1) is 13.1. The van der Waals surface area contributed by atoms with E-state index in [0.29, 0.717) is 17.2 Å². The predicted octanol–water partition coefficient (Wildman–Crippen LogP) is 3.03. The fourth-order valence-corrected chi connectivity index (χ4v) is 2.06. The van der Waals surface area contributed by atoms with Crippen molar-refractivity contribution in [2.75, 3.05) is 11.9 Å². The molecule has 1 aromatic rings. The quantitative estimate of drug-likeness (QED) is 0.871. The van der Waals surface area contributed by atoms with Gasteiger partial charge in [-0.25, -0.2) is 4.98 Å². The first-order valence-electron chi connectivity index (χ1n) is 6.63. The third kappa shape index (κ3) is 3.34. The van der Waals surface area contributed by atoms with Crippen LogP contribution >= 0.6 is 0 Å². The summed E-state index contributed by atoms with van der Waals surface area (Å²) in [7, 11) is 0. The van der Waals surface area contributed by atoms with Gasteiger partial charge in [0.2, 0.25) is 11.8 Å². The number of rotatable bonds is 5. The molecule has 1 atom stereocenters. The van der Waals surface area contributed by atoms with E-state index < -0.39 is 0 Å². The van der Waals surface area contributed by atoms with Crippen molar-refractivity contribution in [2.45, 2.75) is 47.1 Å². The Balaban J connectivity index is 1.97. The minimum atomic E-state index is 0.134. The fourth-order valence-electron chi connectivity index (χ4n) is 2.06. The largest absolute Gasteiger partial charge is 0.475 e. The van der Waals surface area contributed by atoms with Crippen LogP contribution in [-0.4, -0.2) is 22.6 Å². The van der Waals surface area contributed by atoms with Crippen LogP contribution in [0, 0.1) is 18.3 Å². The molecule has 0 aromatic carbocycles. The predicted molar refractivity (Wildman–Crippen MR) is 72.9 cm³/mol. The molecule has 1 aliphatic carbocycles. The smallest absolute Gasteiger partial charge is 0.226 e. The molecular formula is C14H23N3O. The number of nitrogens with zero attached hydrogens (tertiary/aromatic N) is 2. The molecule has 0 saturated heterocycles.